The lowest BCUT2D eigenvalue weighted by molar-refractivity contribution is 0.0730. The molecule has 0 saturated carbocycles. The normalized spacial score (nSPS) is 15.0. The van der Waals surface area contributed by atoms with Crippen LogP contribution in [-0.4, -0.2) is 50.8 Å². The smallest absolute Gasteiger partial charge is 0.272 e. The second-order valence-electron chi connectivity index (χ2n) is 6.05. The number of nitrogens with one attached hydrogen (secondary N) is 2. The SMILES string of the molecule is O=C(NNC(=O)c1ccccc1Br)c1cc(S(=O)(=O)N2CCOCC2)ccc1F. The highest BCUT2D eigenvalue weighted by Crippen LogP contribution is 2.20. The molecule has 154 valence electrons. The predicted molar refractivity (Wildman–Crippen MR) is 105 cm³/mol. The van der Waals surface area contributed by atoms with E-state index in [9.17, 15) is 22.4 Å². The minimum atomic E-state index is -3.90. The highest BCUT2D eigenvalue weighted by molar-refractivity contribution is 9.10. The van der Waals surface area contributed by atoms with Crippen molar-refractivity contribution in [3.8, 4) is 0 Å². The van der Waals surface area contributed by atoms with Gasteiger partial charge in [-0.25, -0.2) is 12.8 Å². The number of rotatable bonds is 4. The molecule has 11 heteroatoms. The minimum absolute atomic E-state index is 0.170. The third-order valence-corrected chi connectivity index (χ3v) is 6.78. The van der Waals surface area contributed by atoms with Crippen LogP contribution in [0.5, 0.6) is 0 Å². The number of hydrazine groups is 1. The molecule has 0 radical (unpaired) electrons. The molecule has 1 aliphatic rings. The van der Waals surface area contributed by atoms with Crippen molar-refractivity contribution in [1.82, 2.24) is 15.2 Å². The Hall–Kier alpha value is -2.34. The van der Waals surface area contributed by atoms with E-state index in [-0.39, 0.29) is 36.8 Å². The van der Waals surface area contributed by atoms with Gasteiger partial charge in [0.15, 0.2) is 0 Å². The third kappa shape index (κ3) is 4.81. The van der Waals surface area contributed by atoms with Crippen LogP contribution in [0.1, 0.15) is 20.7 Å². The van der Waals surface area contributed by atoms with E-state index >= 15 is 0 Å². The van der Waals surface area contributed by atoms with Crippen LogP contribution < -0.4 is 10.9 Å². The second-order valence-corrected chi connectivity index (χ2v) is 8.84. The quantitative estimate of drug-likeness (QED) is 0.641. The van der Waals surface area contributed by atoms with Gasteiger partial charge in [-0.15, -0.1) is 0 Å². The Bertz CT molecular complexity index is 1040. The van der Waals surface area contributed by atoms with Gasteiger partial charge in [-0.3, -0.25) is 20.4 Å². The maximum atomic E-state index is 14.2. The lowest BCUT2D eigenvalue weighted by Crippen LogP contribution is -2.42. The Morgan fingerprint density at radius 3 is 2.28 bits per heavy atom. The van der Waals surface area contributed by atoms with Crippen molar-refractivity contribution in [1.29, 1.82) is 0 Å². The Kier molecular flexibility index (Phi) is 6.63. The molecule has 0 aliphatic carbocycles. The molecular weight excluding hydrogens is 469 g/mol. The largest absolute Gasteiger partial charge is 0.379 e. The van der Waals surface area contributed by atoms with Crippen LogP contribution in [-0.2, 0) is 14.8 Å². The Labute approximate surface area is 175 Å². The number of carbonyl (C=O) groups is 2. The van der Waals surface area contributed by atoms with Crippen molar-refractivity contribution in [2.24, 2.45) is 0 Å². The van der Waals surface area contributed by atoms with E-state index in [0.29, 0.717) is 4.47 Å². The monoisotopic (exact) mass is 485 g/mol. The van der Waals surface area contributed by atoms with Gasteiger partial charge < -0.3 is 4.74 Å². The first kappa shape index (κ1) is 21.4. The van der Waals surface area contributed by atoms with Crippen LogP contribution in [0, 0.1) is 5.82 Å². The lowest BCUT2D eigenvalue weighted by atomic mass is 10.2. The summed E-state index contributed by atoms with van der Waals surface area (Å²) in [5, 5.41) is 0. The van der Waals surface area contributed by atoms with Crippen LogP contribution in [0.4, 0.5) is 4.39 Å². The van der Waals surface area contributed by atoms with E-state index in [1.165, 1.54) is 10.4 Å². The second kappa shape index (κ2) is 8.99. The Morgan fingerprint density at radius 1 is 1.00 bits per heavy atom. The standard InChI is InChI=1S/C18H17BrFN3O5S/c19-15-4-2-1-3-13(15)17(24)21-22-18(25)14-11-12(5-6-16(14)20)29(26,27)23-7-9-28-10-8-23/h1-6,11H,7-10H2,(H,21,24)(H,22,25). The molecule has 0 atom stereocenters. The molecule has 0 spiro atoms. The maximum Gasteiger partial charge on any atom is 0.272 e. The molecule has 29 heavy (non-hydrogen) atoms. The predicted octanol–water partition coefficient (Wildman–Crippen LogP) is 1.68. The summed E-state index contributed by atoms with van der Waals surface area (Å²) in [7, 11) is -3.90. The van der Waals surface area contributed by atoms with Crippen LogP contribution in [0.3, 0.4) is 0 Å². The molecule has 1 fully saturated rings. The number of hydrogen-bond acceptors (Lipinski definition) is 5. The fraction of sp³-hybridized carbons (Fsp3) is 0.222. The summed E-state index contributed by atoms with van der Waals surface area (Å²) in [6, 6.07) is 9.48. The van der Waals surface area contributed by atoms with Crippen LogP contribution >= 0.6 is 15.9 Å². The van der Waals surface area contributed by atoms with Crippen molar-refractivity contribution in [3.63, 3.8) is 0 Å². The Balaban J connectivity index is 1.76. The third-order valence-electron chi connectivity index (χ3n) is 4.20. The zero-order chi connectivity index (χ0) is 21.0. The van der Waals surface area contributed by atoms with Gasteiger partial charge in [0.05, 0.1) is 29.2 Å². The number of sulfonamides is 1. The number of carbonyl (C=O) groups excluding carboxylic acids is 2. The molecule has 2 amide bonds. The topological polar surface area (TPSA) is 105 Å². The summed E-state index contributed by atoms with van der Waals surface area (Å²) in [5.74, 6) is -2.52. The highest BCUT2D eigenvalue weighted by Gasteiger charge is 2.28. The van der Waals surface area contributed by atoms with Crippen molar-refractivity contribution in [2.45, 2.75) is 4.90 Å². The first-order valence-electron chi connectivity index (χ1n) is 8.53. The highest BCUT2D eigenvalue weighted by atomic mass is 79.9. The molecule has 0 bridgehead atoms. The van der Waals surface area contributed by atoms with Gasteiger partial charge >= 0.3 is 0 Å². The molecule has 2 N–H and O–H groups in total. The zero-order valence-electron chi connectivity index (χ0n) is 15.0. The minimum Gasteiger partial charge on any atom is -0.379 e. The van der Waals surface area contributed by atoms with Gasteiger partial charge in [-0.2, -0.15) is 4.31 Å². The van der Waals surface area contributed by atoms with E-state index in [2.05, 4.69) is 26.8 Å². The van der Waals surface area contributed by atoms with Crippen LogP contribution in [0.15, 0.2) is 51.8 Å². The van der Waals surface area contributed by atoms with E-state index in [1.54, 1.807) is 18.2 Å². The summed E-state index contributed by atoms with van der Waals surface area (Å²) < 4.78 is 46.4. The summed E-state index contributed by atoms with van der Waals surface area (Å²) >= 11 is 3.22. The number of hydrogen-bond donors (Lipinski definition) is 2. The van der Waals surface area contributed by atoms with Crippen molar-refractivity contribution >= 4 is 37.8 Å². The number of nitrogens with zero attached hydrogens (tertiary/aromatic N) is 1. The molecule has 0 aromatic heterocycles. The van der Waals surface area contributed by atoms with E-state index in [1.807, 2.05) is 0 Å². The zero-order valence-corrected chi connectivity index (χ0v) is 17.4. The molecule has 1 heterocycles. The fourth-order valence-corrected chi connectivity index (χ4v) is 4.57. The van der Waals surface area contributed by atoms with Crippen LogP contribution in [0.2, 0.25) is 0 Å². The summed E-state index contributed by atoms with van der Waals surface area (Å²) in [5.41, 5.74) is 4.02. The van der Waals surface area contributed by atoms with Gasteiger partial charge in [0.1, 0.15) is 5.82 Å². The average molecular weight is 486 g/mol. The molecular formula is C18H17BrFN3O5S. The van der Waals surface area contributed by atoms with Gasteiger partial charge in [0, 0.05) is 17.6 Å². The molecule has 1 saturated heterocycles. The number of amides is 2. The number of halogens is 2. The summed E-state index contributed by atoms with van der Waals surface area (Å²) in [6.45, 7) is 0.857. The average Bonchev–Trinajstić information content (AvgIpc) is 2.73. The summed E-state index contributed by atoms with van der Waals surface area (Å²) in [4.78, 5) is 24.3. The molecule has 3 rings (SSSR count). The van der Waals surface area contributed by atoms with Gasteiger partial charge in [-0.1, -0.05) is 12.1 Å². The maximum absolute atomic E-state index is 14.2. The first-order chi connectivity index (χ1) is 13.8. The van der Waals surface area contributed by atoms with Crippen LogP contribution in [0.25, 0.3) is 0 Å². The van der Waals surface area contributed by atoms with Gasteiger partial charge in [0.2, 0.25) is 10.0 Å². The van der Waals surface area contributed by atoms with E-state index in [4.69, 9.17) is 4.74 Å². The summed E-state index contributed by atoms with van der Waals surface area (Å²) in [6.07, 6.45) is 0. The first-order valence-corrected chi connectivity index (χ1v) is 10.8. The van der Waals surface area contributed by atoms with E-state index in [0.717, 1.165) is 18.2 Å². The fourth-order valence-electron chi connectivity index (χ4n) is 2.67. The molecule has 2 aromatic carbocycles. The van der Waals surface area contributed by atoms with Crippen molar-refractivity contribution in [2.75, 3.05) is 26.3 Å². The van der Waals surface area contributed by atoms with Gasteiger partial charge in [0.25, 0.3) is 11.8 Å². The molecule has 1 aliphatic heterocycles. The molecule has 0 unspecified atom stereocenters. The van der Waals surface area contributed by atoms with Crippen molar-refractivity contribution in [3.05, 3.63) is 63.9 Å². The number of morpholine rings is 1. The number of benzene rings is 2. The van der Waals surface area contributed by atoms with Crippen molar-refractivity contribution < 1.29 is 27.1 Å². The van der Waals surface area contributed by atoms with E-state index < -0.39 is 33.2 Å². The lowest BCUT2D eigenvalue weighted by Gasteiger charge is -2.26. The molecule has 8 nitrogen and oxygen atoms in total. The Morgan fingerprint density at radius 2 is 1.62 bits per heavy atom. The van der Waals surface area contributed by atoms with Gasteiger partial charge in [-0.05, 0) is 46.3 Å². The number of ether oxygens (including phenoxy) is 1. The molecule has 2 aromatic rings.